The highest BCUT2D eigenvalue weighted by molar-refractivity contribution is 7.89. The summed E-state index contributed by atoms with van der Waals surface area (Å²) in [6.07, 6.45) is 2.87. The van der Waals surface area contributed by atoms with Crippen LogP contribution in [0.1, 0.15) is 12.5 Å². The lowest BCUT2D eigenvalue weighted by molar-refractivity contribution is -0.136. The van der Waals surface area contributed by atoms with Crippen LogP contribution in [0.25, 0.3) is 0 Å². The van der Waals surface area contributed by atoms with Gasteiger partial charge < -0.3 is 4.90 Å². The van der Waals surface area contributed by atoms with E-state index >= 15 is 0 Å². The van der Waals surface area contributed by atoms with Crippen LogP contribution in [0.5, 0.6) is 0 Å². The molecule has 2 heterocycles. The minimum atomic E-state index is -3.58. The van der Waals surface area contributed by atoms with E-state index in [0.717, 1.165) is 5.56 Å². The van der Waals surface area contributed by atoms with Gasteiger partial charge in [-0.3, -0.25) is 14.7 Å². The van der Waals surface area contributed by atoms with Crippen molar-refractivity contribution in [1.82, 2.24) is 19.1 Å². The number of amides is 1. The van der Waals surface area contributed by atoms with E-state index in [4.69, 9.17) is 0 Å². The summed E-state index contributed by atoms with van der Waals surface area (Å²) in [4.78, 5) is 20.4. The molecule has 2 aromatic rings. The van der Waals surface area contributed by atoms with Crippen molar-refractivity contribution in [2.45, 2.75) is 24.4 Å². The molecule has 29 heavy (non-hydrogen) atoms. The summed E-state index contributed by atoms with van der Waals surface area (Å²) in [6, 6.07) is 8.91. The van der Waals surface area contributed by atoms with Gasteiger partial charge >= 0.3 is 0 Å². The first-order valence-electron chi connectivity index (χ1n) is 9.42. The van der Waals surface area contributed by atoms with Gasteiger partial charge in [0.1, 0.15) is 10.7 Å². The summed E-state index contributed by atoms with van der Waals surface area (Å²) in [5.41, 5.74) is 0.723. The molecule has 0 radical (unpaired) electrons. The normalized spacial score (nSPS) is 17.1. The number of benzene rings is 1. The second-order valence-electron chi connectivity index (χ2n) is 7.13. The molecule has 0 saturated carbocycles. The maximum absolute atomic E-state index is 13.4. The van der Waals surface area contributed by atoms with E-state index in [0.29, 0.717) is 32.7 Å². The summed E-state index contributed by atoms with van der Waals surface area (Å²) in [7, 11) is -1.89. The van der Waals surface area contributed by atoms with E-state index in [1.807, 2.05) is 11.8 Å². The molecular formula is C20H25FN4O3S. The molecule has 1 atom stereocenters. The lowest BCUT2D eigenvalue weighted by Gasteiger charge is -2.37. The zero-order chi connectivity index (χ0) is 21.0. The van der Waals surface area contributed by atoms with Crippen LogP contribution >= 0.6 is 0 Å². The molecule has 9 heteroatoms. The zero-order valence-corrected chi connectivity index (χ0v) is 17.3. The lowest BCUT2D eigenvalue weighted by Crippen LogP contribution is -2.54. The first-order valence-corrected chi connectivity index (χ1v) is 10.9. The van der Waals surface area contributed by atoms with E-state index in [-0.39, 0.29) is 16.6 Å². The predicted molar refractivity (Wildman–Crippen MR) is 107 cm³/mol. The van der Waals surface area contributed by atoms with Crippen LogP contribution in [-0.4, -0.2) is 72.7 Å². The topological polar surface area (TPSA) is 73.8 Å². The standard InChI is InChI=1S/C20H25FN4O3S/c1-16(20(26)23(2)15-17-5-3-6-18(21)13-17)24-9-11-25(12-10-24)29(27,28)19-7-4-8-22-14-19/h3-8,13-14,16H,9-12,15H2,1-2H3/t16-/m0/s1. The molecule has 0 N–H and O–H groups in total. The number of carbonyl (C=O) groups is 1. The average Bonchev–Trinajstić information content (AvgIpc) is 2.73. The predicted octanol–water partition coefficient (Wildman–Crippen LogP) is 1.57. The van der Waals surface area contributed by atoms with Crippen molar-refractivity contribution in [1.29, 1.82) is 0 Å². The molecule has 1 aromatic carbocycles. The number of piperazine rings is 1. The number of likely N-dealkylation sites (N-methyl/N-ethyl adjacent to an activating group) is 1. The van der Waals surface area contributed by atoms with Crippen LogP contribution < -0.4 is 0 Å². The molecule has 156 valence electrons. The van der Waals surface area contributed by atoms with Crippen LogP contribution in [0.4, 0.5) is 4.39 Å². The summed E-state index contributed by atoms with van der Waals surface area (Å²) in [6.45, 7) is 3.66. The van der Waals surface area contributed by atoms with Crippen LogP contribution in [0.2, 0.25) is 0 Å². The van der Waals surface area contributed by atoms with Gasteiger partial charge in [0.15, 0.2) is 0 Å². The van der Waals surface area contributed by atoms with Crippen molar-refractivity contribution in [3.05, 3.63) is 60.2 Å². The van der Waals surface area contributed by atoms with Crippen molar-refractivity contribution >= 4 is 15.9 Å². The molecular weight excluding hydrogens is 395 g/mol. The Balaban J connectivity index is 1.58. The molecule has 0 spiro atoms. The van der Waals surface area contributed by atoms with Gasteiger partial charge in [-0.25, -0.2) is 12.8 Å². The monoisotopic (exact) mass is 420 g/mol. The maximum atomic E-state index is 13.4. The van der Waals surface area contributed by atoms with E-state index < -0.39 is 16.1 Å². The number of aromatic nitrogens is 1. The fraction of sp³-hybridized carbons (Fsp3) is 0.400. The summed E-state index contributed by atoms with van der Waals surface area (Å²) >= 11 is 0. The molecule has 3 rings (SSSR count). The summed E-state index contributed by atoms with van der Waals surface area (Å²) < 4.78 is 40.2. The van der Waals surface area contributed by atoms with Crippen LogP contribution in [0, 0.1) is 5.82 Å². The van der Waals surface area contributed by atoms with Gasteiger partial charge in [0.05, 0.1) is 6.04 Å². The average molecular weight is 421 g/mol. The molecule has 7 nitrogen and oxygen atoms in total. The maximum Gasteiger partial charge on any atom is 0.244 e. The third-order valence-electron chi connectivity index (χ3n) is 5.14. The first-order chi connectivity index (χ1) is 13.8. The molecule has 1 aromatic heterocycles. The summed E-state index contributed by atoms with van der Waals surface area (Å²) in [5, 5.41) is 0. The quantitative estimate of drug-likeness (QED) is 0.709. The van der Waals surface area contributed by atoms with Crippen LogP contribution in [0.3, 0.4) is 0 Å². The largest absolute Gasteiger partial charge is 0.340 e. The number of rotatable bonds is 6. The van der Waals surface area contributed by atoms with Crippen molar-refractivity contribution in [3.63, 3.8) is 0 Å². The Morgan fingerprint density at radius 1 is 1.21 bits per heavy atom. The number of pyridine rings is 1. The Morgan fingerprint density at radius 3 is 2.55 bits per heavy atom. The third-order valence-corrected chi connectivity index (χ3v) is 7.02. The van der Waals surface area contributed by atoms with E-state index in [9.17, 15) is 17.6 Å². The molecule has 1 aliphatic rings. The minimum Gasteiger partial charge on any atom is -0.340 e. The highest BCUT2D eigenvalue weighted by atomic mass is 32.2. The zero-order valence-electron chi connectivity index (χ0n) is 16.5. The molecule has 1 amide bonds. The highest BCUT2D eigenvalue weighted by Gasteiger charge is 2.32. The van der Waals surface area contributed by atoms with Crippen molar-refractivity contribution in [3.8, 4) is 0 Å². The van der Waals surface area contributed by atoms with Gasteiger partial charge in [-0.15, -0.1) is 0 Å². The van der Waals surface area contributed by atoms with Crippen molar-refractivity contribution < 1.29 is 17.6 Å². The van der Waals surface area contributed by atoms with Gasteiger partial charge in [0, 0.05) is 52.2 Å². The second kappa shape index (κ2) is 8.98. The van der Waals surface area contributed by atoms with Gasteiger partial charge in [-0.05, 0) is 36.8 Å². The number of carbonyl (C=O) groups excluding carboxylic acids is 1. The number of nitrogens with zero attached hydrogens (tertiary/aromatic N) is 4. The van der Waals surface area contributed by atoms with Crippen LogP contribution in [-0.2, 0) is 21.4 Å². The van der Waals surface area contributed by atoms with Gasteiger partial charge in [-0.1, -0.05) is 12.1 Å². The second-order valence-corrected chi connectivity index (χ2v) is 9.07. The lowest BCUT2D eigenvalue weighted by atomic mass is 10.1. The molecule has 1 saturated heterocycles. The fourth-order valence-electron chi connectivity index (χ4n) is 3.44. The first kappa shape index (κ1) is 21.4. The molecule has 0 bridgehead atoms. The molecule has 1 aliphatic heterocycles. The Labute approximate surface area is 170 Å². The number of halogens is 1. The Morgan fingerprint density at radius 2 is 1.93 bits per heavy atom. The smallest absolute Gasteiger partial charge is 0.244 e. The van der Waals surface area contributed by atoms with Gasteiger partial charge in [0.2, 0.25) is 15.9 Å². The number of hydrogen-bond acceptors (Lipinski definition) is 5. The molecule has 0 unspecified atom stereocenters. The third kappa shape index (κ3) is 4.98. The van der Waals surface area contributed by atoms with Crippen molar-refractivity contribution in [2.75, 3.05) is 33.2 Å². The number of sulfonamides is 1. The van der Waals surface area contributed by atoms with E-state index in [1.54, 1.807) is 30.1 Å². The molecule has 1 fully saturated rings. The highest BCUT2D eigenvalue weighted by Crippen LogP contribution is 2.18. The Bertz CT molecular complexity index is 947. The van der Waals surface area contributed by atoms with Crippen molar-refractivity contribution in [2.24, 2.45) is 0 Å². The van der Waals surface area contributed by atoms with Gasteiger partial charge in [0.25, 0.3) is 0 Å². The SMILES string of the molecule is C[C@@H](C(=O)N(C)Cc1cccc(F)c1)N1CCN(S(=O)(=O)c2cccnc2)CC1. The van der Waals surface area contributed by atoms with Gasteiger partial charge in [-0.2, -0.15) is 4.31 Å². The van der Waals surface area contributed by atoms with E-state index in [1.165, 1.54) is 34.9 Å². The fourth-order valence-corrected chi connectivity index (χ4v) is 4.83. The van der Waals surface area contributed by atoms with E-state index in [2.05, 4.69) is 4.98 Å². The Kier molecular flexibility index (Phi) is 6.61. The Hall–Kier alpha value is -2.36. The van der Waals surface area contributed by atoms with Crippen LogP contribution in [0.15, 0.2) is 53.7 Å². The molecule has 0 aliphatic carbocycles. The summed E-state index contributed by atoms with van der Waals surface area (Å²) in [5.74, 6) is -0.417. The number of hydrogen-bond donors (Lipinski definition) is 0. The minimum absolute atomic E-state index is 0.0853.